The van der Waals surface area contributed by atoms with Gasteiger partial charge in [0.15, 0.2) is 5.82 Å². The highest BCUT2D eigenvalue weighted by Gasteiger charge is 2.16. The minimum absolute atomic E-state index is 0.00241. The Hall–Kier alpha value is -1.55. The molecule has 2 aromatic rings. The van der Waals surface area contributed by atoms with Crippen molar-refractivity contribution < 1.29 is 5.11 Å². The minimum atomic E-state index is -0.00241. The van der Waals surface area contributed by atoms with Crippen LogP contribution in [0.5, 0.6) is 0 Å². The van der Waals surface area contributed by atoms with Crippen LogP contribution in [0.2, 0.25) is 0 Å². The van der Waals surface area contributed by atoms with E-state index in [-0.39, 0.29) is 6.61 Å². The molecule has 2 rings (SSSR count). The van der Waals surface area contributed by atoms with E-state index in [1.807, 2.05) is 35.8 Å². The van der Waals surface area contributed by atoms with Gasteiger partial charge in [-0.15, -0.1) is 0 Å². The van der Waals surface area contributed by atoms with E-state index in [2.05, 4.69) is 23.7 Å². The number of hydrogen-bond acceptors (Lipinski definition) is 3. The molecule has 4 nitrogen and oxygen atoms in total. The molecule has 0 aliphatic heterocycles. The number of aliphatic hydroxyl groups is 1. The molecule has 0 atom stereocenters. The Bertz CT molecular complexity index is 490. The number of fused-ring (bicyclic) bond motifs is 1. The smallest absolute Gasteiger partial charge is 0.153 e. The van der Waals surface area contributed by atoms with Gasteiger partial charge in [-0.1, -0.05) is 6.07 Å². The maximum absolute atomic E-state index is 9.45. The first-order chi connectivity index (χ1) is 7.65. The van der Waals surface area contributed by atoms with Crippen LogP contribution in [0.1, 0.15) is 19.5 Å². The Kier molecular flexibility index (Phi) is 2.83. The fourth-order valence-corrected chi connectivity index (χ4v) is 1.71. The van der Waals surface area contributed by atoms with Crippen LogP contribution in [0.25, 0.3) is 5.65 Å². The van der Waals surface area contributed by atoms with E-state index in [4.69, 9.17) is 0 Å². The van der Waals surface area contributed by atoms with E-state index >= 15 is 0 Å². The number of rotatable bonds is 3. The normalized spacial score (nSPS) is 11.3. The van der Waals surface area contributed by atoms with Gasteiger partial charge in [0.25, 0.3) is 0 Å². The van der Waals surface area contributed by atoms with Crippen LogP contribution in [-0.4, -0.2) is 27.6 Å². The number of aliphatic hydroxyl groups excluding tert-OH is 1. The summed E-state index contributed by atoms with van der Waals surface area (Å²) in [4.78, 5) is 6.60. The SMILES string of the molecule is CC(C)N(C)c1nc2ccccn2c1CO. The molecule has 0 aromatic carbocycles. The van der Waals surface area contributed by atoms with Crippen molar-refractivity contribution in [2.24, 2.45) is 0 Å². The summed E-state index contributed by atoms with van der Waals surface area (Å²) in [5, 5.41) is 9.45. The molecule has 0 radical (unpaired) electrons. The van der Waals surface area contributed by atoms with Crippen LogP contribution in [0.4, 0.5) is 5.82 Å². The molecule has 4 heteroatoms. The van der Waals surface area contributed by atoms with Crippen LogP contribution < -0.4 is 4.90 Å². The zero-order chi connectivity index (χ0) is 11.7. The molecule has 2 aromatic heterocycles. The van der Waals surface area contributed by atoms with Gasteiger partial charge in [0.1, 0.15) is 5.65 Å². The lowest BCUT2D eigenvalue weighted by molar-refractivity contribution is 0.276. The summed E-state index contributed by atoms with van der Waals surface area (Å²) in [5.41, 5.74) is 1.71. The number of hydrogen-bond donors (Lipinski definition) is 1. The topological polar surface area (TPSA) is 40.8 Å². The maximum atomic E-state index is 9.45. The first kappa shape index (κ1) is 11.0. The fraction of sp³-hybridized carbons (Fsp3) is 0.417. The largest absolute Gasteiger partial charge is 0.390 e. The zero-order valence-corrected chi connectivity index (χ0v) is 9.88. The van der Waals surface area contributed by atoms with Gasteiger partial charge < -0.3 is 10.0 Å². The maximum Gasteiger partial charge on any atom is 0.153 e. The van der Waals surface area contributed by atoms with Crippen molar-refractivity contribution in [3.05, 3.63) is 30.1 Å². The average molecular weight is 219 g/mol. The highest BCUT2D eigenvalue weighted by atomic mass is 16.3. The Labute approximate surface area is 95.1 Å². The Morgan fingerprint density at radius 1 is 1.44 bits per heavy atom. The van der Waals surface area contributed by atoms with Gasteiger partial charge >= 0.3 is 0 Å². The van der Waals surface area contributed by atoms with Crippen LogP contribution in [0.3, 0.4) is 0 Å². The fourth-order valence-electron chi connectivity index (χ4n) is 1.71. The standard InChI is InChI=1S/C12H17N3O/c1-9(2)14(3)12-10(8-16)15-7-5-4-6-11(15)13-12/h4-7,9,16H,8H2,1-3H3. The zero-order valence-electron chi connectivity index (χ0n) is 9.88. The first-order valence-electron chi connectivity index (χ1n) is 5.44. The lowest BCUT2D eigenvalue weighted by Gasteiger charge is -2.22. The molecule has 0 amide bonds. The van der Waals surface area contributed by atoms with Crippen LogP contribution in [0, 0.1) is 0 Å². The van der Waals surface area contributed by atoms with Crippen molar-refractivity contribution in [1.82, 2.24) is 9.38 Å². The second-order valence-corrected chi connectivity index (χ2v) is 4.17. The summed E-state index contributed by atoms with van der Waals surface area (Å²) in [5.74, 6) is 0.851. The van der Waals surface area contributed by atoms with Crippen LogP contribution >= 0.6 is 0 Å². The Morgan fingerprint density at radius 3 is 2.81 bits per heavy atom. The average Bonchev–Trinajstić information content (AvgIpc) is 2.65. The van der Waals surface area contributed by atoms with Crippen molar-refractivity contribution in [3.8, 4) is 0 Å². The summed E-state index contributed by atoms with van der Waals surface area (Å²) in [6.07, 6.45) is 1.92. The van der Waals surface area contributed by atoms with Gasteiger partial charge in [-0.2, -0.15) is 0 Å². The molecule has 0 fully saturated rings. The molecule has 0 saturated carbocycles. The molecule has 0 spiro atoms. The molecular formula is C12H17N3O. The van der Waals surface area contributed by atoms with Crippen LogP contribution in [-0.2, 0) is 6.61 Å². The Morgan fingerprint density at radius 2 is 2.19 bits per heavy atom. The van der Waals surface area contributed by atoms with Crippen molar-refractivity contribution in [2.75, 3.05) is 11.9 Å². The van der Waals surface area contributed by atoms with Gasteiger partial charge in [-0.05, 0) is 26.0 Å². The molecule has 0 unspecified atom stereocenters. The number of nitrogens with zero attached hydrogens (tertiary/aromatic N) is 3. The number of imidazole rings is 1. The summed E-state index contributed by atoms with van der Waals surface area (Å²) < 4.78 is 1.92. The molecule has 0 aliphatic rings. The highest BCUT2D eigenvalue weighted by molar-refractivity contribution is 5.55. The molecule has 0 bridgehead atoms. The van der Waals surface area contributed by atoms with Gasteiger partial charge in [-0.3, -0.25) is 4.40 Å². The van der Waals surface area contributed by atoms with E-state index in [0.29, 0.717) is 6.04 Å². The van der Waals surface area contributed by atoms with E-state index < -0.39 is 0 Å². The second-order valence-electron chi connectivity index (χ2n) is 4.17. The van der Waals surface area contributed by atoms with E-state index in [9.17, 15) is 5.11 Å². The summed E-state index contributed by atoms with van der Waals surface area (Å²) in [7, 11) is 1.99. The molecule has 1 N–H and O–H groups in total. The van der Waals surface area contributed by atoms with Gasteiger partial charge in [-0.25, -0.2) is 4.98 Å². The first-order valence-corrected chi connectivity index (χ1v) is 5.44. The molecule has 2 heterocycles. The highest BCUT2D eigenvalue weighted by Crippen LogP contribution is 2.22. The van der Waals surface area contributed by atoms with Crippen molar-refractivity contribution in [3.63, 3.8) is 0 Å². The third-order valence-electron chi connectivity index (χ3n) is 2.87. The number of aromatic nitrogens is 2. The molecule has 86 valence electrons. The van der Waals surface area contributed by atoms with Gasteiger partial charge in [0, 0.05) is 19.3 Å². The summed E-state index contributed by atoms with van der Waals surface area (Å²) in [6.45, 7) is 4.20. The predicted octanol–water partition coefficient (Wildman–Crippen LogP) is 1.67. The lowest BCUT2D eigenvalue weighted by Crippen LogP contribution is -2.27. The van der Waals surface area contributed by atoms with E-state index in [1.54, 1.807) is 0 Å². The van der Waals surface area contributed by atoms with E-state index in [1.165, 1.54) is 0 Å². The number of pyridine rings is 1. The summed E-state index contributed by atoms with van der Waals surface area (Å²) in [6, 6.07) is 6.18. The van der Waals surface area contributed by atoms with Gasteiger partial charge in [0.2, 0.25) is 0 Å². The number of anilines is 1. The Balaban J connectivity index is 2.60. The minimum Gasteiger partial charge on any atom is -0.390 e. The molecular weight excluding hydrogens is 202 g/mol. The second kappa shape index (κ2) is 4.14. The third kappa shape index (κ3) is 1.65. The quantitative estimate of drug-likeness (QED) is 0.853. The van der Waals surface area contributed by atoms with Crippen molar-refractivity contribution >= 4 is 11.5 Å². The van der Waals surface area contributed by atoms with Gasteiger partial charge in [0.05, 0.1) is 12.3 Å². The molecule has 16 heavy (non-hydrogen) atoms. The van der Waals surface area contributed by atoms with Crippen LogP contribution in [0.15, 0.2) is 24.4 Å². The predicted molar refractivity (Wildman–Crippen MR) is 64.7 cm³/mol. The van der Waals surface area contributed by atoms with E-state index in [0.717, 1.165) is 17.2 Å². The van der Waals surface area contributed by atoms with Crippen molar-refractivity contribution in [1.29, 1.82) is 0 Å². The third-order valence-corrected chi connectivity index (χ3v) is 2.87. The summed E-state index contributed by atoms with van der Waals surface area (Å²) >= 11 is 0. The molecule has 0 saturated heterocycles. The van der Waals surface area contributed by atoms with Crippen molar-refractivity contribution in [2.45, 2.75) is 26.5 Å². The molecule has 0 aliphatic carbocycles. The monoisotopic (exact) mass is 219 g/mol. The lowest BCUT2D eigenvalue weighted by atomic mass is 10.3.